The molecule has 0 heterocycles. The quantitative estimate of drug-likeness (QED) is 0.652. The molecule has 2 rings (SSSR count). The van der Waals surface area contributed by atoms with Gasteiger partial charge in [-0.1, -0.05) is 23.2 Å². The van der Waals surface area contributed by atoms with E-state index >= 15 is 0 Å². The van der Waals surface area contributed by atoms with Gasteiger partial charge in [0, 0.05) is 10.0 Å². The van der Waals surface area contributed by atoms with Crippen LogP contribution in [0.3, 0.4) is 0 Å². The molecule has 4 N–H and O–H groups in total. The molecule has 0 aliphatic rings. The second-order valence-electron chi connectivity index (χ2n) is 3.84. The number of carbonyl (C=O) groups is 1. The zero-order chi connectivity index (χ0) is 14.4. The van der Waals surface area contributed by atoms with Gasteiger partial charge in [0.05, 0.1) is 11.4 Å². The van der Waals surface area contributed by atoms with Crippen LogP contribution < -0.4 is 21.7 Å². The number of hydrogen-bond donors (Lipinski definition) is 4. The molecule has 7 heteroatoms. The number of rotatable bonds is 4. The van der Waals surface area contributed by atoms with Gasteiger partial charge in [0.2, 0.25) is 0 Å². The molecule has 0 saturated heterocycles. The lowest BCUT2D eigenvalue weighted by atomic mass is 10.3. The number of urea groups is 1. The average Bonchev–Trinajstić information content (AvgIpc) is 2.46. The number of amides is 2. The summed E-state index contributed by atoms with van der Waals surface area (Å²) in [5.41, 5.74) is 11.8. The number of benzene rings is 2. The molecular formula is C13H12Cl2N4O. The maximum atomic E-state index is 11.5. The van der Waals surface area contributed by atoms with Crippen LogP contribution in [0, 0.1) is 0 Å². The highest BCUT2D eigenvalue weighted by atomic mass is 35.5. The molecule has 0 bridgehead atoms. The maximum Gasteiger partial charge on any atom is 0.352 e. The number of hydrogen-bond acceptors (Lipinski definition) is 3. The Kier molecular flexibility index (Phi) is 4.92. The van der Waals surface area contributed by atoms with Crippen LogP contribution in [0.5, 0.6) is 0 Å². The summed E-state index contributed by atoms with van der Waals surface area (Å²) in [5, 5.41) is 1.26. The van der Waals surface area contributed by atoms with Gasteiger partial charge >= 0.3 is 6.03 Å². The van der Waals surface area contributed by atoms with Crippen LogP contribution in [-0.2, 0) is 0 Å². The van der Waals surface area contributed by atoms with Gasteiger partial charge in [0.1, 0.15) is 0 Å². The van der Waals surface area contributed by atoms with Gasteiger partial charge in [-0.2, -0.15) is 0 Å². The third-order valence-corrected chi connectivity index (χ3v) is 2.83. The second-order valence-corrected chi connectivity index (χ2v) is 4.72. The number of hydrazine groups is 2. The van der Waals surface area contributed by atoms with Gasteiger partial charge in [-0.15, -0.1) is 0 Å². The molecule has 0 aliphatic heterocycles. The van der Waals surface area contributed by atoms with Crippen molar-refractivity contribution in [2.24, 2.45) is 0 Å². The molecule has 0 radical (unpaired) electrons. The van der Waals surface area contributed by atoms with E-state index < -0.39 is 6.03 Å². The Bertz CT molecular complexity index is 520. The maximum absolute atomic E-state index is 11.5. The summed E-state index contributed by atoms with van der Waals surface area (Å²) in [6.45, 7) is 0. The molecule has 0 unspecified atom stereocenters. The first-order valence-corrected chi connectivity index (χ1v) is 6.48. The lowest BCUT2D eigenvalue weighted by molar-refractivity contribution is 0.244. The Labute approximate surface area is 126 Å². The van der Waals surface area contributed by atoms with Crippen molar-refractivity contribution in [3.8, 4) is 0 Å². The SMILES string of the molecule is O=C(NNc1ccc(Cl)cc1)NNc1ccc(Cl)cc1. The Morgan fingerprint density at radius 3 is 1.40 bits per heavy atom. The van der Waals surface area contributed by atoms with Gasteiger partial charge in [-0.3, -0.25) is 21.7 Å². The lowest BCUT2D eigenvalue weighted by Gasteiger charge is -2.11. The standard InChI is InChI=1S/C13H12Cl2N4O/c14-9-1-5-11(6-2-9)16-18-13(20)19-17-12-7-3-10(15)4-8-12/h1-8,16-17H,(H2,18,19,20). The van der Waals surface area contributed by atoms with E-state index in [1.54, 1.807) is 48.5 Å². The monoisotopic (exact) mass is 310 g/mol. The van der Waals surface area contributed by atoms with Crippen molar-refractivity contribution in [3.63, 3.8) is 0 Å². The zero-order valence-corrected chi connectivity index (χ0v) is 11.8. The number of anilines is 2. The van der Waals surface area contributed by atoms with Crippen molar-refractivity contribution in [2.75, 3.05) is 10.9 Å². The normalized spacial score (nSPS) is 9.70. The molecule has 2 aromatic carbocycles. The first-order valence-electron chi connectivity index (χ1n) is 5.72. The molecule has 2 aromatic rings. The molecule has 5 nitrogen and oxygen atoms in total. The van der Waals surface area contributed by atoms with Gasteiger partial charge in [0.25, 0.3) is 0 Å². The van der Waals surface area contributed by atoms with Crippen molar-refractivity contribution in [3.05, 3.63) is 58.6 Å². The highest BCUT2D eigenvalue weighted by Crippen LogP contribution is 2.13. The molecule has 20 heavy (non-hydrogen) atoms. The predicted molar refractivity (Wildman–Crippen MR) is 81.8 cm³/mol. The predicted octanol–water partition coefficient (Wildman–Crippen LogP) is 3.65. The minimum atomic E-state index is -0.435. The Morgan fingerprint density at radius 2 is 1.05 bits per heavy atom. The third-order valence-electron chi connectivity index (χ3n) is 2.33. The topological polar surface area (TPSA) is 65.2 Å². The van der Waals surface area contributed by atoms with Crippen LogP contribution in [0.4, 0.5) is 16.2 Å². The fourth-order valence-corrected chi connectivity index (χ4v) is 1.61. The van der Waals surface area contributed by atoms with E-state index in [1.807, 2.05) is 0 Å². The van der Waals surface area contributed by atoms with Crippen LogP contribution in [0.1, 0.15) is 0 Å². The molecule has 0 aliphatic carbocycles. The van der Waals surface area contributed by atoms with Crippen LogP contribution in [0.15, 0.2) is 48.5 Å². The number of halogens is 2. The van der Waals surface area contributed by atoms with E-state index in [2.05, 4.69) is 21.7 Å². The summed E-state index contributed by atoms with van der Waals surface area (Å²) in [7, 11) is 0. The number of nitrogens with one attached hydrogen (secondary N) is 4. The molecule has 0 aromatic heterocycles. The Hall–Kier alpha value is -2.11. The molecule has 0 fully saturated rings. The van der Waals surface area contributed by atoms with E-state index in [1.165, 1.54) is 0 Å². The first-order chi connectivity index (χ1) is 9.63. The van der Waals surface area contributed by atoms with Gasteiger partial charge in [-0.25, -0.2) is 4.79 Å². The summed E-state index contributed by atoms with van der Waals surface area (Å²) >= 11 is 11.5. The van der Waals surface area contributed by atoms with Gasteiger partial charge < -0.3 is 0 Å². The smallest absolute Gasteiger partial charge is 0.297 e. The Morgan fingerprint density at radius 1 is 0.700 bits per heavy atom. The molecule has 0 atom stereocenters. The minimum absolute atomic E-state index is 0.435. The zero-order valence-electron chi connectivity index (χ0n) is 10.3. The van der Waals surface area contributed by atoms with Crippen molar-refractivity contribution in [2.45, 2.75) is 0 Å². The van der Waals surface area contributed by atoms with E-state index in [0.717, 1.165) is 11.4 Å². The Balaban J connectivity index is 1.75. The van der Waals surface area contributed by atoms with Crippen molar-refractivity contribution >= 4 is 40.6 Å². The van der Waals surface area contributed by atoms with Crippen LogP contribution in [0.25, 0.3) is 0 Å². The van der Waals surface area contributed by atoms with Crippen molar-refractivity contribution in [1.29, 1.82) is 0 Å². The van der Waals surface area contributed by atoms with E-state index in [4.69, 9.17) is 23.2 Å². The average molecular weight is 311 g/mol. The summed E-state index contributed by atoms with van der Waals surface area (Å²) in [5.74, 6) is 0. The van der Waals surface area contributed by atoms with Crippen molar-refractivity contribution < 1.29 is 4.79 Å². The fraction of sp³-hybridized carbons (Fsp3) is 0. The highest BCUT2D eigenvalue weighted by Gasteiger charge is 1.99. The first kappa shape index (κ1) is 14.3. The number of carbonyl (C=O) groups excluding carboxylic acids is 1. The molecule has 0 saturated carbocycles. The fourth-order valence-electron chi connectivity index (χ4n) is 1.36. The van der Waals surface area contributed by atoms with Crippen molar-refractivity contribution in [1.82, 2.24) is 10.9 Å². The molecule has 2 amide bonds. The minimum Gasteiger partial charge on any atom is -0.297 e. The van der Waals surface area contributed by atoms with E-state index in [9.17, 15) is 4.79 Å². The van der Waals surface area contributed by atoms with Crippen LogP contribution in [-0.4, -0.2) is 6.03 Å². The highest BCUT2D eigenvalue weighted by molar-refractivity contribution is 6.30. The molecule has 104 valence electrons. The summed E-state index contributed by atoms with van der Waals surface area (Å²) in [6.07, 6.45) is 0. The summed E-state index contributed by atoms with van der Waals surface area (Å²) < 4.78 is 0. The largest absolute Gasteiger partial charge is 0.352 e. The van der Waals surface area contributed by atoms with E-state index in [0.29, 0.717) is 10.0 Å². The molecular weight excluding hydrogens is 299 g/mol. The van der Waals surface area contributed by atoms with Crippen LogP contribution in [0.2, 0.25) is 10.0 Å². The lowest BCUT2D eigenvalue weighted by Crippen LogP contribution is -2.41. The molecule has 0 spiro atoms. The van der Waals surface area contributed by atoms with E-state index in [-0.39, 0.29) is 0 Å². The van der Waals surface area contributed by atoms with Gasteiger partial charge in [-0.05, 0) is 48.5 Å². The van der Waals surface area contributed by atoms with Crippen LogP contribution >= 0.6 is 23.2 Å². The summed E-state index contributed by atoms with van der Waals surface area (Å²) in [4.78, 5) is 11.5. The third kappa shape index (κ3) is 4.53. The second kappa shape index (κ2) is 6.88. The summed E-state index contributed by atoms with van der Waals surface area (Å²) in [6, 6.07) is 13.4. The van der Waals surface area contributed by atoms with Gasteiger partial charge in [0.15, 0.2) is 0 Å².